The maximum Gasteiger partial charge on any atom is 0.0380 e. The Balaban J connectivity index is 2.53. The van der Waals surface area contributed by atoms with Gasteiger partial charge in [0.05, 0.1) is 0 Å². The van der Waals surface area contributed by atoms with E-state index in [1.165, 1.54) is 16.4 Å². The molecule has 0 fully saturated rings. The number of hydrogen-bond donors (Lipinski definition) is 1. The molecule has 0 amide bonds. The molecular weight excluding hydrogens is 177 g/mol. The minimum absolute atomic E-state index is 0.145. The molecule has 1 N–H and O–H groups in total. The predicted molar refractivity (Wildman–Crippen MR) is 60.5 cm³/mol. The Morgan fingerprint density at radius 3 is 2.92 bits per heavy atom. The summed E-state index contributed by atoms with van der Waals surface area (Å²) in [5.41, 5.74) is 3.09. The molecule has 1 heterocycles. The molecule has 1 aromatic rings. The topological polar surface area (TPSA) is 12.0 Å². The Labute approximate surface area is 82.1 Å². The maximum atomic E-state index is 3.53. The molecule has 0 spiro atoms. The van der Waals surface area contributed by atoms with Crippen LogP contribution in [0.25, 0.3) is 0 Å². The molecule has 1 aliphatic rings. The molecule has 0 bridgehead atoms. The Kier molecular flexibility index (Phi) is 2.17. The first kappa shape index (κ1) is 9.18. The summed E-state index contributed by atoms with van der Waals surface area (Å²) < 4.78 is 0. The van der Waals surface area contributed by atoms with E-state index in [0.717, 1.165) is 13.0 Å². The number of fused-ring (bicyclic) bond motifs is 1. The van der Waals surface area contributed by atoms with Crippen LogP contribution in [0.1, 0.15) is 25.0 Å². The van der Waals surface area contributed by atoms with Gasteiger partial charge in [-0.1, -0.05) is 18.2 Å². The lowest BCUT2D eigenvalue weighted by Gasteiger charge is -2.34. The third-order valence-corrected chi connectivity index (χ3v) is 3.12. The van der Waals surface area contributed by atoms with Crippen LogP contribution in [0.15, 0.2) is 18.2 Å². The van der Waals surface area contributed by atoms with E-state index in [-0.39, 0.29) is 5.54 Å². The van der Waals surface area contributed by atoms with Crippen LogP contribution in [-0.2, 0) is 12.0 Å². The van der Waals surface area contributed by atoms with Gasteiger partial charge in [-0.15, -0.1) is 9.24 Å². The van der Waals surface area contributed by atoms with Crippen LogP contribution in [0.5, 0.6) is 0 Å². The van der Waals surface area contributed by atoms with E-state index in [0.29, 0.717) is 0 Å². The van der Waals surface area contributed by atoms with Crippen molar-refractivity contribution in [1.29, 1.82) is 0 Å². The molecule has 0 aromatic heterocycles. The summed E-state index contributed by atoms with van der Waals surface area (Å²) in [5, 5.41) is 4.82. The average Bonchev–Trinajstić information content (AvgIpc) is 2.02. The van der Waals surface area contributed by atoms with E-state index in [1.54, 1.807) is 0 Å². The first-order valence-electron chi connectivity index (χ1n) is 4.73. The van der Waals surface area contributed by atoms with Crippen LogP contribution in [0, 0.1) is 0 Å². The fourth-order valence-electron chi connectivity index (χ4n) is 2.04. The first-order chi connectivity index (χ1) is 6.09. The highest BCUT2D eigenvalue weighted by Crippen LogP contribution is 2.27. The van der Waals surface area contributed by atoms with E-state index >= 15 is 0 Å². The van der Waals surface area contributed by atoms with E-state index in [9.17, 15) is 0 Å². The van der Waals surface area contributed by atoms with Gasteiger partial charge in [0, 0.05) is 5.54 Å². The molecule has 0 aliphatic carbocycles. The summed E-state index contributed by atoms with van der Waals surface area (Å²) in [4.78, 5) is 0. The van der Waals surface area contributed by atoms with Crippen molar-refractivity contribution in [3.63, 3.8) is 0 Å². The third-order valence-electron chi connectivity index (χ3n) is 2.76. The summed E-state index contributed by atoms with van der Waals surface area (Å²) in [6, 6.07) is 6.69. The van der Waals surface area contributed by atoms with Crippen molar-refractivity contribution in [2.75, 3.05) is 6.54 Å². The summed E-state index contributed by atoms with van der Waals surface area (Å²) in [6.45, 7) is 5.58. The average molecular weight is 193 g/mol. The van der Waals surface area contributed by atoms with Crippen molar-refractivity contribution >= 4 is 14.5 Å². The van der Waals surface area contributed by atoms with Gasteiger partial charge < -0.3 is 5.32 Å². The fourth-order valence-corrected chi connectivity index (χ4v) is 2.33. The Hall–Kier alpha value is -0.390. The largest absolute Gasteiger partial charge is 0.307 e. The molecule has 0 radical (unpaired) electrons. The summed E-state index contributed by atoms with van der Waals surface area (Å²) >= 11 is 0. The highest BCUT2D eigenvalue weighted by atomic mass is 31.0. The standard InChI is InChI=1S/C11H16NP/c1-11(2)10-4-3-9(13)7-8(10)5-6-12-11/h3-4,7,12H,5-6,13H2,1-2H3. The van der Waals surface area contributed by atoms with Gasteiger partial charge in [-0.3, -0.25) is 0 Å². The number of rotatable bonds is 0. The van der Waals surface area contributed by atoms with E-state index < -0.39 is 0 Å². The second kappa shape index (κ2) is 3.08. The highest BCUT2D eigenvalue weighted by Gasteiger charge is 2.25. The Morgan fingerprint density at radius 2 is 2.15 bits per heavy atom. The van der Waals surface area contributed by atoms with Crippen LogP contribution in [0.3, 0.4) is 0 Å². The Bertz CT molecular complexity index is 331. The van der Waals surface area contributed by atoms with Gasteiger partial charge in [0.15, 0.2) is 0 Å². The van der Waals surface area contributed by atoms with Gasteiger partial charge in [-0.2, -0.15) is 0 Å². The molecule has 0 saturated heterocycles. The molecule has 1 aliphatic heterocycles. The van der Waals surface area contributed by atoms with Gasteiger partial charge in [0.1, 0.15) is 0 Å². The molecule has 2 rings (SSSR count). The van der Waals surface area contributed by atoms with Crippen molar-refractivity contribution < 1.29 is 0 Å². The van der Waals surface area contributed by atoms with E-state index in [1.807, 2.05) is 0 Å². The van der Waals surface area contributed by atoms with Crippen LogP contribution < -0.4 is 10.6 Å². The summed E-state index contributed by atoms with van der Waals surface area (Å²) in [5.74, 6) is 0. The molecule has 1 nitrogen and oxygen atoms in total. The van der Waals surface area contributed by atoms with Gasteiger partial charge >= 0.3 is 0 Å². The molecular formula is C11H16NP. The molecule has 1 unspecified atom stereocenters. The molecule has 70 valence electrons. The quantitative estimate of drug-likeness (QED) is 0.617. The predicted octanol–water partition coefficient (Wildman–Crippen LogP) is 1.57. The van der Waals surface area contributed by atoms with Crippen LogP contribution in [-0.4, -0.2) is 6.54 Å². The lowest BCUT2D eigenvalue weighted by molar-refractivity contribution is 0.382. The molecule has 2 heteroatoms. The summed E-state index contributed by atoms with van der Waals surface area (Å²) in [7, 11) is 2.76. The monoisotopic (exact) mass is 193 g/mol. The van der Waals surface area contributed by atoms with Crippen molar-refractivity contribution in [2.45, 2.75) is 25.8 Å². The van der Waals surface area contributed by atoms with Crippen molar-refractivity contribution in [1.82, 2.24) is 5.32 Å². The van der Waals surface area contributed by atoms with Crippen molar-refractivity contribution in [3.05, 3.63) is 29.3 Å². The second-order valence-electron chi connectivity index (χ2n) is 4.22. The smallest absolute Gasteiger partial charge is 0.0380 e. The van der Waals surface area contributed by atoms with Crippen LogP contribution >= 0.6 is 9.24 Å². The third kappa shape index (κ3) is 1.63. The number of hydrogen-bond acceptors (Lipinski definition) is 1. The van der Waals surface area contributed by atoms with Gasteiger partial charge in [0.25, 0.3) is 0 Å². The normalized spacial score (nSPS) is 19.6. The second-order valence-corrected chi connectivity index (χ2v) is 4.89. The highest BCUT2D eigenvalue weighted by molar-refractivity contribution is 7.27. The fraction of sp³-hybridized carbons (Fsp3) is 0.455. The minimum atomic E-state index is 0.145. The zero-order valence-electron chi connectivity index (χ0n) is 8.22. The maximum absolute atomic E-state index is 3.53. The molecule has 1 atom stereocenters. The number of benzene rings is 1. The van der Waals surface area contributed by atoms with Gasteiger partial charge in [0.2, 0.25) is 0 Å². The SMILES string of the molecule is CC1(C)NCCc2cc(P)ccc21. The molecule has 13 heavy (non-hydrogen) atoms. The first-order valence-corrected chi connectivity index (χ1v) is 5.31. The van der Waals surface area contributed by atoms with Crippen molar-refractivity contribution in [3.8, 4) is 0 Å². The van der Waals surface area contributed by atoms with E-state index in [2.05, 4.69) is 46.6 Å². The molecule has 0 saturated carbocycles. The lowest BCUT2D eigenvalue weighted by atomic mass is 9.85. The zero-order valence-corrected chi connectivity index (χ0v) is 9.38. The molecule has 1 aromatic carbocycles. The van der Waals surface area contributed by atoms with Crippen LogP contribution in [0.4, 0.5) is 0 Å². The van der Waals surface area contributed by atoms with Gasteiger partial charge in [-0.25, -0.2) is 0 Å². The van der Waals surface area contributed by atoms with Crippen molar-refractivity contribution in [2.24, 2.45) is 0 Å². The Morgan fingerprint density at radius 1 is 1.38 bits per heavy atom. The van der Waals surface area contributed by atoms with Crippen LogP contribution in [0.2, 0.25) is 0 Å². The summed E-state index contributed by atoms with van der Waals surface area (Å²) in [6.07, 6.45) is 1.15. The van der Waals surface area contributed by atoms with E-state index in [4.69, 9.17) is 0 Å². The zero-order chi connectivity index (χ0) is 9.47. The number of nitrogens with one attached hydrogen (secondary N) is 1. The van der Waals surface area contributed by atoms with Gasteiger partial charge in [-0.05, 0) is 43.2 Å². The minimum Gasteiger partial charge on any atom is -0.307 e. The lowest BCUT2D eigenvalue weighted by Crippen LogP contribution is -2.42.